The molecular weight excluding hydrogens is 796 g/mol. The summed E-state index contributed by atoms with van der Waals surface area (Å²) in [6.07, 6.45) is 3.27. The smallest absolute Gasteiger partial charge is 0.335 e. The van der Waals surface area contributed by atoms with Crippen molar-refractivity contribution >= 4 is 57.9 Å². The highest BCUT2D eigenvalue weighted by molar-refractivity contribution is 14.1. The Morgan fingerprint density at radius 2 is 1.43 bits per heavy atom. The quantitative estimate of drug-likeness (QED) is 0.0907. The van der Waals surface area contributed by atoms with Gasteiger partial charge >= 0.3 is 6.03 Å². The highest BCUT2D eigenvalue weighted by Gasteiger charge is 2.40. The van der Waals surface area contributed by atoms with E-state index in [1.807, 2.05) is 55.5 Å². The molecule has 5 aromatic carbocycles. The van der Waals surface area contributed by atoms with Gasteiger partial charge in [0.1, 0.15) is 18.0 Å². The van der Waals surface area contributed by atoms with Crippen molar-refractivity contribution in [3.63, 3.8) is 0 Å². The van der Waals surface area contributed by atoms with Crippen LogP contribution in [-0.2, 0) is 16.2 Å². The summed E-state index contributed by atoms with van der Waals surface area (Å²) < 4.78 is 26.2. The molecular formula is C44H37FIN3O5. The third-order valence-corrected chi connectivity index (χ3v) is 11.1. The van der Waals surface area contributed by atoms with E-state index in [4.69, 9.17) is 9.47 Å². The van der Waals surface area contributed by atoms with Crippen molar-refractivity contribution in [3.05, 3.63) is 158 Å². The Kier molecular flexibility index (Phi) is 9.93. The summed E-state index contributed by atoms with van der Waals surface area (Å²) in [5, 5.41) is 2.43. The maximum Gasteiger partial charge on any atom is 0.335 e. The largest absolute Gasteiger partial charge is 0.490 e. The molecule has 0 unspecified atom stereocenters. The molecule has 5 aromatic rings. The highest BCUT2D eigenvalue weighted by atomic mass is 127. The summed E-state index contributed by atoms with van der Waals surface area (Å²) in [5.41, 5.74) is 7.19. The number of imide groups is 2. The van der Waals surface area contributed by atoms with Crippen LogP contribution in [0.5, 0.6) is 11.5 Å². The number of ether oxygens (including phenoxy) is 2. The standard InChI is InChI=1S/C44H37FIN3O5/c1-2-53-39-23-28(22-38(46)41(39)54-26-27-13-15-31(45)16-14-27)21-37-42(50)47-44(52)49(43(37)51)32-24-35-33(29-9-5-3-6-10-29)17-19-48-20-18-34(36(25-32)40(35)48)30-11-7-4-8-12-30/h3-16,21-25,33-34H,2,17-20,26H2,1H3,(H,47,50,52)/b37-21+/t33-,34+. The first-order valence-corrected chi connectivity index (χ1v) is 19.1. The minimum absolute atomic E-state index is 0.0631. The van der Waals surface area contributed by atoms with Crippen molar-refractivity contribution in [2.45, 2.75) is 38.2 Å². The van der Waals surface area contributed by atoms with Gasteiger partial charge in [-0.15, -0.1) is 0 Å². The number of carbonyl (C=O) groups is 3. The molecule has 0 spiro atoms. The maximum absolute atomic E-state index is 14.4. The second-order valence-corrected chi connectivity index (χ2v) is 14.8. The molecule has 8 nitrogen and oxygen atoms in total. The minimum Gasteiger partial charge on any atom is -0.490 e. The molecule has 8 rings (SSSR count). The average Bonchev–Trinajstić information content (AvgIpc) is 3.18. The summed E-state index contributed by atoms with van der Waals surface area (Å²) in [4.78, 5) is 45.0. The average molecular weight is 834 g/mol. The monoisotopic (exact) mass is 833 g/mol. The molecule has 10 heteroatoms. The normalized spacial score (nSPS) is 18.7. The predicted octanol–water partition coefficient (Wildman–Crippen LogP) is 8.95. The van der Waals surface area contributed by atoms with Crippen LogP contribution >= 0.6 is 22.6 Å². The Morgan fingerprint density at radius 1 is 0.815 bits per heavy atom. The van der Waals surface area contributed by atoms with Gasteiger partial charge in [0.25, 0.3) is 11.8 Å². The number of nitrogens with zero attached hydrogens (tertiary/aromatic N) is 2. The van der Waals surface area contributed by atoms with E-state index in [1.54, 1.807) is 24.3 Å². The van der Waals surface area contributed by atoms with Gasteiger partial charge in [-0.2, -0.15) is 0 Å². The van der Waals surface area contributed by atoms with Crippen molar-refractivity contribution in [2.75, 3.05) is 29.5 Å². The number of anilines is 2. The molecule has 0 aliphatic carbocycles. The number of amides is 4. The predicted molar refractivity (Wildman–Crippen MR) is 215 cm³/mol. The van der Waals surface area contributed by atoms with Crippen molar-refractivity contribution < 1.29 is 28.2 Å². The lowest BCUT2D eigenvalue weighted by atomic mass is 9.76. The van der Waals surface area contributed by atoms with E-state index < -0.39 is 17.8 Å². The molecule has 3 aliphatic heterocycles. The van der Waals surface area contributed by atoms with Gasteiger partial charge < -0.3 is 14.4 Å². The molecule has 0 radical (unpaired) electrons. The van der Waals surface area contributed by atoms with Gasteiger partial charge in [-0.25, -0.2) is 14.1 Å². The number of halogens is 2. The molecule has 1 fully saturated rings. The van der Waals surface area contributed by atoms with Crippen molar-refractivity contribution in [1.82, 2.24) is 5.32 Å². The molecule has 1 N–H and O–H groups in total. The van der Waals surface area contributed by atoms with Gasteiger partial charge in [0.15, 0.2) is 11.5 Å². The van der Waals surface area contributed by atoms with Crippen molar-refractivity contribution in [2.24, 2.45) is 0 Å². The number of hydrogen-bond acceptors (Lipinski definition) is 6. The van der Waals surface area contributed by atoms with Crippen LogP contribution in [0.15, 0.2) is 115 Å². The summed E-state index contributed by atoms with van der Waals surface area (Å²) >= 11 is 2.12. The van der Waals surface area contributed by atoms with E-state index in [-0.39, 0.29) is 29.8 Å². The van der Waals surface area contributed by atoms with Crippen molar-refractivity contribution in [3.8, 4) is 11.5 Å². The van der Waals surface area contributed by atoms with Gasteiger partial charge in [0.2, 0.25) is 0 Å². The molecule has 0 aromatic heterocycles. The molecule has 3 aliphatic rings. The molecule has 1 saturated heterocycles. The molecule has 272 valence electrons. The number of nitrogens with one attached hydrogen (secondary N) is 1. The second-order valence-electron chi connectivity index (χ2n) is 13.6. The van der Waals surface area contributed by atoms with Gasteiger partial charge in [-0.3, -0.25) is 14.9 Å². The summed E-state index contributed by atoms with van der Waals surface area (Å²) in [6.45, 7) is 4.19. The third kappa shape index (κ3) is 6.86. The van der Waals surface area contributed by atoms with Crippen LogP contribution in [0, 0.1) is 9.39 Å². The second kappa shape index (κ2) is 15.1. The Balaban J connectivity index is 1.19. The number of urea groups is 1. The van der Waals surface area contributed by atoms with Gasteiger partial charge in [-0.1, -0.05) is 72.8 Å². The van der Waals surface area contributed by atoms with E-state index in [2.05, 4.69) is 57.1 Å². The van der Waals surface area contributed by atoms with Crippen LogP contribution in [0.1, 0.15) is 65.0 Å². The van der Waals surface area contributed by atoms with Gasteiger partial charge in [-0.05, 0) is 118 Å². The van der Waals surface area contributed by atoms with Crippen LogP contribution in [0.2, 0.25) is 0 Å². The number of carbonyl (C=O) groups excluding carboxylic acids is 3. The molecule has 0 saturated carbocycles. The Bertz CT molecular complexity index is 2210. The third-order valence-electron chi connectivity index (χ3n) is 10.3. The zero-order chi connectivity index (χ0) is 37.3. The van der Waals surface area contributed by atoms with Gasteiger partial charge in [0, 0.05) is 30.6 Å². The Labute approximate surface area is 326 Å². The molecule has 54 heavy (non-hydrogen) atoms. The van der Waals surface area contributed by atoms with E-state index >= 15 is 0 Å². The maximum atomic E-state index is 14.4. The van der Waals surface area contributed by atoms with Crippen LogP contribution in [0.25, 0.3) is 6.08 Å². The van der Waals surface area contributed by atoms with Gasteiger partial charge in [0.05, 0.1) is 15.9 Å². The van der Waals surface area contributed by atoms with Crippen LogP contribution < -0.4 is 24.6 Å². The zero-order valence-electron chi connectivity index (χ0n) is 29.6. The number of benzene rings is 5. The topological polar surface area (TPSA) is 88.2 Å². The first-order valence-electron chi connectivity index (χ1n) is 18.1. The molecule has 2 atom stereocenters. The number of rotatable bonds is 9. The molecule has 3 heterocycles. The van der Waals surface area contributed by atoms with Crippen LogP contribution in [0.4, 0.5) is 20.6 Å². The lowest BCUT2D eigenvalue weighted by Gasteiger charge is -2.44. The van der Waals surface area contributed by atoms with Crippen molar-refractivity contribution in [1.29, 1.82) is 0 Å². The van der Waals surface area contributed by atoms with E-state index in [1.165, 1.54) is 29.3 Å². The van der Waals surface area contributed by atoms with E-state index in [9.17, 15) is 18.8 Å². The fourth-order valence-corrected chi connectivity index (χ4v) is 8.62. The summed E-state index contributed by atoms with van der Waals surface area (Å²) in [5.74, 6) is -0.785. The van der Waals surface area contributed by atoms with Crippen LogP contribution in [0.3, 0.4) is 0 Å². The van der Waals surface area contributed by atoms with E-state index in [0.29, 0.717) is 32.9 Å². The number of barbiturate groups is 1. The highest BCUT2D eigenvalue weighted by Crippen LogP contribution is 2.50. The lowest BCUT2D eigenvalue weighted by molar-refractivity contribution is -0.122. The first-order chi connectivity index (χ1) is 26.3. The SMILES string of the molecule is CCOc1cc(/C=C2\C(=O)NC(=O)N(c3cc4c5c(c3)[C@H](c3ccccc3)CCN5CC[C@@H]4c3ccccc3)C2=O)cc(I)c1OCc1ccc(F)cc1. The first kappa shape index (κ1) is 35.5. The molecule has 0 bridgehead atoms. The lowest BCUT2D eigenvalue weighted by Crippen LogP contribution is -2.54. The summed E-state index contributed by atoms with van der Waals surface area (Å²) in [7, 11) is 0. The van der Waals surface area contributed by atoms with Crippen LogP contribution in [-0.4, -0.2) is 37.5 Å². The fourth-order valence-electron chi connectivity index (χ4n) is 7.84. The minimum atomic E-state index is -0.792. The van der Waals surface area contributed by atoms with E-state index in [0.717, 1.165) is 53.2 Å². The summed E-state index contributed by atoms with van der Waals surface area (Å²) in [6, 6.07) is 33.4. The number of hydrogen-bond donors (Lipinski definition) is 1. The zero-order valence-corrected chi connectivity index (χ0v) is 31.7. The molecule has 4 amide bonds. The fraction of sp³-hybridized carbons (Fsp3) is 0.205. The Hall–Kier alpha value is -5.49. The Morgan fingerprint density at radius 3 is 2.02 bits per heavy atom.